The van der Waals surface area contributed by atoms with Crippen LogP contribution in [0.5, 0.6) is 0 Å². The molecule has 0 unspecified atom stereocenters. The molecule has 0 radical (unpaired) electrons. The summed E-state index contributed by atoms with van der Waals surface area (Å²) in [6, 6.07) is 2.52. The quantitative estimate of drug-likeness (QED) is 0.693. The van der Waals surface area contributed by atoms with Crippen LogP contribution in [-0.2, 0) is 13.0 Å². The lowest BCUT2D eigenvalue weighted by atomic mass is 10.1. The van der Waals surface area contributed by atoms with Gasteiger partial charge in [0.05, 0.1) is 5.69 Å². The van der Waals surface area contributed by atoms with Crippen LogP contribution in [0.3, 0.4) is 0 Å². The minimum Gasteiger partial charge on any atom is -0.300 e. The minimum absolute atomic E-state index is 0.326. The highest BCUT2D eigenvalue weighted by Gasteiger charge is 2.23. The lowest BCUT2D eigenvalue weighted by Gasteiger charge is -2.24. The number of hydrogen-bond acceptors (Lipinski definition) is 3. The Balaban J connectivity index is 2.51. The van der Waals surface area contributed by atoms with Crippen molar-refractivity contribution in [3.05, 3.63) is 17.0 Å². The highest BCUT2D eigenvalue weighted by Crippen LogP contribution is 2.23. The lowest BCUT2D eigenvalue weighted by molar-refractivity contribution is 0.296. The summed E-state index contributed by atoms with van der Waals surface area (Å²) in [4.78, 5) is 2.27. The van der Waals surface area contributed by atoms with Crippen molar-refractivity contribution in [3.63, 3.8) is 0 Å². The zero-order valence-electron chi connectivity index (χ0n) is 9.49. The molecule has 1 aliphatic heterocycles. The average Bonchev–Trinajstić information content (AvgIpc) is 2.55. The number of likely N-dealkylation sites (N-methyl/N-ethyl adjacent to an activating group) is 1. The third-order valence-corrected chi connectivity index (χ3v) is 2.88. The topological polar surface area (TPSA) is 44.9 Å². The summed E-state index contributed by atoms with van der Waals surface area (Å²) in [6.07, 6.45) is 0.946. The number of nitrogens with zero attached hydrogens (tertiary/aromatic N) is 4. The summed E-state index contributed by atoms with van der Waals surface area (Å²) >= 11 is 0. The van der Waals surface area contributed by atoms with Gasteiger partial charge in [0.2, 0.25) is 0 Å². The van der Waals surface area contributed by atoms with Crippen LogP contribution >= 0.6 is 0 Å². The van der Waals surface area contributed by atoms with Gasteiger partial charge in [-0.15, -0.1) is 0 Å². The van der Waals surface area contributed by atoms with E-state index in [9.17, 15) is 0 Å². The van der Waals surface area contributed by atoms with Crippen molar-refractivity contribution in [2.45, 2.75) is 32.9 Å². The number of hydrogen-bond donors (Lipinski definition) is 0. The largest absolute Gasteiger partial charge is 0.300 e. The molecule has 0 saturated heterocycles. The predicted molar refractivity (Wildman–Crippen MR) is 57.4 cm³/mol. The SMILES string of the molecule is CC(C)n1nc(C#N)c2c1CN(C)CC2. The third-order valence-electron chi connectivity index (χ3n) is 2.88. The molecule has 0 amide bonds. The van der Waals surface area contributed by atoms with Crippen molar-refractivity contribution in [3.8, 4) is 6.07 Å². The maximum absolute atomic E-state index is 9.02. The summed E-state index contributed by atoms with van der Waals surface area (Å²) in [5.74, 6) is 0. The Labute approximate surface area is 90.1 Å². The maximum Gasteiger partial charge on any atom is 0.166 e. The van der Waals surface area contributed by atoms with Crippen LogP contribution in [0.25, 0.3) is 0 Å². The molecule has 0 fully saturated rings. The van der Waals surface area contributed by atoms with E-state index in [0.29, 0.717) is 11.7 Å². The van der Waals surface area contributed by atoms with Gasteiger partial charge in [-0.2, -0.15) is 10.4 Å². The second-order valence-corrected chi connectivity index (χ2v) is 4.41. The summed E-state index contributed by atoms with van der Waals surface area (Å²) in [5, 5.41) is 13.4. The van der Waals surface area contributed by atoms with Crippen molar-refractivity contribution in [1.29, 1.82) is 5.26 Å². The molecule has 0 N–H and O–H groups in total. The molecular weight excluding hydrogens is 188 g/mol. The smallest absolute Gasteiger partial charge is 0.166 e. The number of aromatic nitrogens is 2. The highest BCUT2D eigenvalue weighted by atomic mass is 15.3. The molecule has 1 aliphatic rings. The first-order chi connectivity index (χ1) is 7.13. The molecule has 2 rings (SSSR count). The average molecular weight is 204 g/mol. The van der Waals surface area contributed by atoms with E-state index in [4.69, 9.17) is 5.26 Å². The zero-order valence-corrected chi connectivity index (χ0v) is 9.49. The van der Waals surface area contributed by atoms with E-state index in [-0.39, 0.29) is 0 Å². The second-order valence-electron chi connectivity index (χ2n) is 4.41. The Morgan fingerprint density at radius 2 is 2.20 bits per heavy atom. The molecule has 4 heteroatoms. The predicted octanol–water partition coefficient (Wildman–Crippen LogP) is 1.32. The van der Waals surface area contributed by atoms with Crippen molar-refractivity contribution in [2.75, 3.05) is 13.6 Å². The number of fused-ring (bicyclic) bond motifs is 1. The Morgan fingerprint density at radius 1 is 1.47 bits per heavy atom. The lowest BCUT2D eigenvalue weighted by Crippen LogP contribution is -2.28. The Morgan fingerprint density at radius 3 is 2.80 bits per heavy atom. The van der Waals surface area contributed by atoms with Crippen LogP contribution in [0.2, 0.25) is 0 Å². The molecule has 0 bridgehead atoms. The van der Waals surface area contributed by atoms with Crippen LogP contribution in [-0.4, -0.2) is 28.3 Å². The molecule has 0 spiro atoms. The van der Waals surface area contributed by atoms with E-state index in [2.05, 4.69) is 37.0 Å². The van der Waals surface area contributed by atoms with Gasteiger partial charge in [0.25, 0.3) is 0 Å². The fourth-order valence-corrected chi connectivity index (χ4v) is 2.09. The van der Waals surface area contributed by atoms with Gasteiger partial charge in [0, 0.05) is 24.7 Å². The van der Waals surface area contributed by atoms with E-state index < -0.39 is 0 Å². The van der Waals surface area contributed by atoms with Gasteiger partial charge in [0.1, 0.15) is 6.07 Å². The van der Waals surface area contributed by atoms with Gasteiger partial charge in [-0.3, -0.25) is 4.68 Å². The molecule has 1 aromatic rings. The molecule has 0 atom stereocenters. The normalized spacial score (nSPS) is 16.5. The van der Waals surface area contributed by atoms with Crippen LogP contribution in [0.1, 0.15) is 36.8 Å². The van der Waals surface area contributed by atoms with Crippen LogP contribution in [0.4, 0.5) is 0 Å². The first-order valence-corrected chi connectivity index (χ1v) is 5.32. The minimum atomic E-state index is 0.326. The highest BCUT2D eigenvalue weighted by molar-refractivity contribution is 5.37. The van der Waals surface area contributed by atoms with Gasteiger partial charge in [-0.1, -0.05) is 0 Å². The van der Waals surface area contributed by atoms with Crippen molar-refractivity contribution in [2.24, 2.45) is 0 Å². The second kappa shape index (κ2) is 3.67. The molecule has 0 saturated carbocycles. The Bertz CT molecular complexity index is 411. The van der Waals surface area contributed by atoms with Crippen molar-refractivity contribution >= 4 is 0 Å². The summed E-state index contributed by atoms with van der Waals surface area (Å²) in [6.45, 7) is 6.12. The van der Waals surface area contributed by atoms with Crippen molar-refractivity contribution in [1.82, 2.24) is 14.7 Å². The number of rotatable bonds is 1. The van der Waals surface area contributed by atoms with Crippen LogP contribution < -0.4 is 0 Å². The molecule has 80 valence electrons. The molecule has 2 heterocycles. The molecule has 0 aliphatic carbocycles. The van der Waals surface area contributed by atoms with Gasteiger partial charge < -0.3 is 4.90 Å². The van der Waals surface area contributed by atoms with E-state index in [1.54, 1.807) is 0 Å². The summed E-state index contributed by atoms with van der Waals surface area (Å²) in [5.41, 5.74) is 2.99. The first kappa shape index (κ1) is 10.2. The molecule has 0 aromatic carbocycles. The first-order valence-electron chi connectivity index (χ1n) is 5.32. The molecular formula is C11H16N4. The molecule has 1 aromatic heterocycles. The summed E-state index contributed by atoms with van der Waals surface area (Å²) < 4.78 is 1.99. The molecule has 15 heavy (non-hydrogen) atoms. The van der Waals surface area contributed by atoms with E-state index in [1.807, 2.05) is 4.68 Å². The van der Waals surface area contributed by atoms with E-state index in [1.165, 1.54) is 5.69 Å². The van der Waals surface area contributed by atoms with Crippen molar-refractivity contribution < 1.29 is 0 Å². The standard InChI is InChI=1S/C11H16N4/c1-8(2)15-11-7-14(3)5-4-9(11)10(6-12)13-15/h8H,4-5,7H2,1-3H3. The zero-order chi connectivity index (χ0) is 11.0. The summed E-state index contributed by atoms with van der Waals surface area (Å²) in [7, 11) is 2.10. The number of nitriles is 1. The Hall–Kier alpha value is -1.34. The van der Waals surface area contributed by atoms with Gasteiger partial charge in [-0.05, 0) is 27.3 Å². The van der Waals surface area contributed by atoms with Crippen LogP contribution in [0.15, 0.2) is 0 Å². The van der Waals surface area contributed by atoms with Gasteiger partial charge in [0.15, 0.2) is 5.69 Å². The fraction of sp³-hybridized carbons (Fsp3) is 0.636. The van der Waals surface area contributed by atoms with Gasteiger partial charge in [-0.25, -0.2) is 0 Å². The molecule has 4 nitrogen and oxygen atoms in total. The monoisotopic (exact) mass is 204 g/mol. The van der Waals surface area contributed by atoms with E-state index >= 15 is 0 Å². The Kier molecular flexibility index (Phi) is 2.49. The van der Waals surface area contributed by atoms with E-state index in [0.717, 1.165) is 25.1 Å². The van der Waals surface area contributed by atoms with Crippen LogP contribution in [0, 0.1) is 11.3 Å². The maximum atomic E-state index is 9.02. The fourth-order valence-electron chi connectivity index (χ4n) is 2.09. The third kappa shape index (κ3) is 1.64. The van der Waals surface area contributed by atoms with Gasteiger partial charge >= 0.3 is 0 Å².